The zero-order chi connectivity index (χ0) is 19.1. The third-order valence-corrected chi connectivity index (χ3v) is 5.13. The maximum Gasteiger partial charge on any atom is 0.189 e. The molecule has 2 aromatic carbocycles. The summed E-state index contributed by atoms with van der Waals surface area (Å²) in [7, 11) is 0. The molecule has 4 nitrogen and oxygen atoms in total. The Balaban J connectivity index is 1.67. The predicted molar refractivity (Wildman–Crippen MR) is 102 cm³/mol. The molecule has 0 amide bonds. The fourth-order valence-electron chi connectivity index (χ4n) is 3.31. The van der Waals surface area contributed by atoms with Gasteiger partial charge in [0.2, 0.25) is 0 Å². The van der Waals surface area contributed by atoms with E-state index in [0.29, 0.717) is 46.1 Å². The standard InChI is InChI=1S/C21H16ClFN2O2/c1-12-17(9-14-10-18-16(20(14)27)3-2-4-19(18)26)21(22)25(24-12)11-13-5-7-15(23)8-6-13/h2-9,26H,10-11H2,1H3/b14-9+. The molecule has 0 aliphatic heterocycles. The van der Waals surface area contributed by atoms with Crippen LogP contribution in [0.25, 0.3) is 6.08 Å². The van der Waals surface area contributed by atoms with Crippen LogP contribution in [0.2, 0.25) is 5.15 Å². The summed E-state index contributed by atoms with van der Waals surface area (Å²) >= 11 is 6.50. The van der Waals surface area contributed by atoms with Gasteiger partial charge in [-0.1, -0.05) is 35.9 Å². The number of allylic oxidation sites excluding steroid dienone is 1. The normalized spacial score (nSPS) is 14.8. The number of fused-ring (bicyclic) bond motifs is 1. The Morgan fingerprint density at radius 1 is 1.26 bits per heavy atom. The minimum absolute atomic E-state index is 0.109. The van der Waals surface area contributed by atoms with E-state index in [1.807, 2.05) is 6.92 Å². The van der Waals surface area contributed by atoms with Gasteiger partial charge in [-0.05, 0) is 36.8 Å². The summed E-state index contributed by atoms with van der Waals surface area (Å²) in [4.78, 5) is 12.6. The van der Waals surface area contributed by atoms with E-state index in [1.54, 1.807) is 41.1 Å². The molecule has 0 saturated heterocycles. The molecule has 1 heterocycles. The van der Waals surface area contributed by atoms with Gasteiger partial charge < -0.3 is 5.11 Å². The number of hydrogen-bond acceptors (Lipinski definition) is 3. The highest BCUT2D eigenvalue weighted by atomic mass is 35.5. The summed E-state index contributed by atoms with van der Waals surface area (Å²) in [6, 6.07) is 11.1. The van der Waals surface area contributed by atoms with Gasteiger partial charge in [-0.25, -0.2) is 9.07 Å². The largest absolute Gasteiger partial charge is 0.508 e. The average Bonchev–Trinajstić information content (AvgIpc) is 3.10. The van der Waals surface area contributed by atoms with E-state index in [9.17, 15) is 14.3 Å². The molecule has 3 aromatic rings. The summed E-state index contributed by atoms with van der Waals surface area (Å²) in [5.41, 5.74) is 3.97. The van der Waals surface area contributed by atoms with Crippen molar-refractivity contribution >= 4 is 23.5 Å². The highest BCUT2D eigenvalue weighted by Gasteiger charge is 2.27. The number of aromatic nitrogens is 2. The summed E-state index contributed by atoms with van der Waals surface area (Å²) < 4.78 is 14.7. The lowest BCUT2D eigenvalue weighted by atomic mass is 10.1. The van der Waals surface area contributed by atoms with Crippen LogP contribution in [0.15, 0.2) is 48.0 Å². The zero-order valence-electron chi connectivity index (χ0n) is 14.5. The smallest absolute Gasteiger partial charge is 0.189 e. The molecule has 136 valence electrons. The van der Waals surface area contributed by atoms with Crippen LogP contribution in [-0.2, 0) is 13.0 Å². The number of phenols is 1. The maximum absolute atomic E-state index is 13.1. The number of aryl methyl sites for hydroxylation is 1. The molecule has 1 aliphatic rings. The highest BCUT2D eigenvalue weighted by Crippen LogP contribution is 2.35. The van der Waals surface area contributed by atoms with Crippen molar-refractivity contribution in [2.45, 2.75) is 19.9 Å². The SMILES string of the molecule is Cc1nn(Cc2ccc(F)cc2)c(Cl)c1/C=C1\Cc2c(O)cccc2C1=O. The Morgan fingerprint density at radius 2 is 2.00 bits per heavy atom. The highest BCUT2D eigenvalue weighted by molar-refractivity contribution is 6.31. The first-order valence-electron chi connectivity index (χ1n) is 8.47. The summed E-state index contributed by atoms with van der Waals surface area (Å²) in [5, 5.41) is 14.8. The van der Waals surface area contributed by atoms with Crippen LogP contribution in [0.4, 0.5) is 4.39 Å². The Bertz CT molecular complexity index is 1080. The fraction of sp³-hybridized carbons (Fsp3) is 0.143. The van der Waals surface area contributed by atoms with Crippen LogP contribution in [0.3, 0.4) is 0 Å². The second kappa shape index (κ2) is 6.67. The Morgan fingerprint density at radius 3 is 2.70 bits per heavy atom. The van der Waals surface area contributed by atoms with E-state index < -0.39 is 0 Å². The van der Waals surface area contributed by atoms with Gasteiger partial charge in [0.15, 0.2) is 5.78 Å². The van der Waals surface area contributed by atoms with Crippen molar-refractivity contribution in [1.29, 1.82) is 0 Å². The van der Waals surface area contributed by atoms with Gasteiger partial charge in [-0.2, -0.15) is 5.10 Å². The van der Waals surface area contributed by atoms with E-state index in [0.717, 1.165) is 5.56 Å². The molecule has 0 unspecified atom stereocenters. The van der Waals surface area contributed by atoms with Gasteiger partial charge in [0, 0.05) is 28.7 Å². The van der Waals surface area contributed by atoms with Gasteiger partial charge >= 0.3 is 0 Å². The lowest BCUT2D eigenvalue weighted by Crippen LogP contribution is -2.02. The molecule has 0 fully saturated rings. The topological polar surface area (TPSA) is 55.1 Å². The average molecular weight is 383 g/mol. The first-order chi connectivity index (χ1) is 12.9. The monoisotopic (exact) mass is 382 g/mol. The second-order valence-corrected chi connectivity index (χ2v) is 6.91. The van der Waals surface area contributed by atoms with E-state index in [4.69, 9.17) is 11.6 Å². The Kier molecular flexibility index (Phi) is 4.32. The van der Waals surface area contributed by atoms with Gasteiger partial charge in [0.1, 0.15) is 16.7 Å². The van der Waals surface area contributed by atoms with Crippen molar-refractivity contribution in [3.05, 3.63) is 87.0 Å². The van der Waals surface area contributed by atoms with E-state index in [2.05, 4.69) is 5.10 Å². The minimum atomic E-state index is -0.297. The van der Waals surface area contributed by atoms with Crippen molar-refractivity contribution in [3.8, 4) is 5.75 Å². The molecule has 0 spiro atoms. The molecule has 4 rings (SSSR count). The van der Waals surface area contributed by atoms with Gasteiger partial charge in [-0.3, -0.25) is 4.79 Å². The molecular weight excluding hydrogens is 367 g/mol. The van der Waals surface area contributed by atoms with E-state index >= 15 is 0 Å². The van der Waals surface area contributed by atoms with Crippen LogP contribution in [0, 0.1) is 12.7 Å². The third-order valence-electron chi connectivity index (χ3n) is 4.73. The zero-order valence-corrected chi connectivity index (χ0v) is 15.3. The summed E-state index contributed by atoms with van der Waals surface area (Å²) in [6.45, 7) is 2.22. The first-order valence-corrected chi connectivity index (χ1v) is 8.85. The van der Waals surface area contributed by atoms with Gasteiger partial charge in [0.05, 0.1) is 12.2 Å². The lowest BCUT2D eigenvalue weighted by molar-refractivity contribution is 0.104. The molecule has 0 atom stereocenters. The first kappa shape index (κ1) is 17.5. The molecule has 0 bridgehead atoms. The second-order valence-electron chi connectivity index (χ2n) is 6.55. The number of nitrogens with zero attached hydrogens (tertiary/aromatic N) is 2. The molecule has 0 saturated carbocycles. The van der Waals surface area contributed by atoms with Crippen LogP contribution < -0.4 is 0 Å². The number of phenolic OH excluding ortho intramolecular Hbond substituents is 1. The number of carbonyl (C=O) groups is 1. The molecule has 27 heavy (non-hydrogen) atoms. The predicted octanol–water partition coefficient (Wildman–Crippen LogP) is 4.56. The molecule has 1 aromatic heterocycles. The number of rotatable bonds is 3. The molecule has 0 radical (unpaired) electrons. The van der Waals surface area contributed by atoms with Crippen LogP contribution in [0.5, 0.6) is 5.75 Å². The van der Waals surface area contributed by atoms with Crippen molar-refractivity contribution in [2.24, 2.45) is 0 Å². The molecule has 6 heteroatoms. The minimum Gasteiger partial charge on any atom is -0.508 e. The van der Waals surface area contributed by atoms with Gasteiger partial charge in [-0.15, -0.1) is 0 Å². The number of Topliss-reactive ketones (excluding diaryl/α,β-unsaturated/α-hetero) is 1. The number of halogens is 2. The van der Waals surface area contributed by atoms with Crippen molar-refractivity contribution in [3.63, 3.8) is 0 Å². The van der Waals surface area contributed by atoms with Gasteiger partial charge in [0.25, 0.3) is 0 Å². The fourth-order valence-corrected chi connectivity index (χ4v) is 3.60. The van der Waals surface area contributed by atoms with Crippen LogP contribution >= 0.6 is 11.6 Å². The lowest BCUT2D eigenvalue weighted by Gasteiger charge is -2.03. The van der Waals surface area contributed by atoms with Crippen LogP contribution in [0.1, 0.15) is 32.7 Å². The van der Waals surface area contributed by atoms with Crippen molar-refractivity contribution < 1.29 is 14.3 Å². The Labute approximate surface area is 160 Å². The number of benzene rings is 2. The maximum atomic E-state index is 13.1. The Hall–Kier alpha value is -2.92. The number of aromatic hydroxyl groups is 1. The van der Waals surface area contributed by atoms with E-state index in [-0.39, 0.29) is 17.3 Å². The molecule has 1 N–H and O–H groups in total. The van der Waals surface area contributed by atoms with Crippen LogP contribution in [-0.4, -0.2) is 20.7 Å². The summed E-state index contributed by atoms with van der Waals surface area (Å²) in [6.07, 6.45) is 2.10. The van der Waals surface area contributed by atoms with Crippen molar-refractivity contribution in [1.82, 2.24) is 9.78 Å². The van der Waals surface area contributed by atoms with E-state index in [1.165, 1.54) is 12.1 Å². The number of hydrogen-bond donors (Lipinski definition) is 1. The van der Waals surface area contributed by atoms with Crippen molar-refractivity contribution in [2.75, 3.05) is 0 Å². The number of ketones is 1. The quantitative estimate of drug-likeness (QED) is 0.675. The number of carbonyl (C=O) groups excluding carboxylic acids is 1. The molecule has 1 aliphatic carbocycles. The molecular formula is C21H16ClFN2O2. The summed E-state index contributed by atoms with van der Waals surface area (Å²) in [5.74, 6) is -0.281. The third kappa shape index (κ3) is 3.15.